The standard InChI is InChI=1S/C20H16FN7O4S/c1-9-2-3-14(24-9)25-18(30)10-5-27(6-10)17-13(21)4-11-15(29)12(19(31)32)7-28(16(11)26-17)20-22-8-23-33-20/h2-4,7-8,10,24H,5-6H2,1H3,(H,25,30)(H,31,32). The van der Waals surface area contributed by atoms with Gasteiger partial charge in [-0.1, -0.05) is 0 Å². The highest BCUT2D eigenvalue weighted by Crippen LogP contribution is 2.29. The van der Waals surface area contributed by atoms with Gasteiger partial charge in [-0.05, 0) is 25.1 Å². The van der Waals surface area contributed by atoms with Gasteiger partial charge >= 0.3 is 5.97 Å². The fourth-order valence-electron chi connectivity index (χ4n) is 3.64. The van der Waals surface area contributed by atoms with E-state index < -0.39 is 22.8 Å². The molecule has 0 radical (unpaired) electrons. The number of carboxylic acids is 1. The monoisotopic (exact) mass is 469 g/mol. The van der Waals surface area contributed by atoms with E-state index in [9.17, 15) is 23.9 Å². The fraction of sp³-hybridized carbons (Fsp3) is 0.200. The number of nitrogens with zero attached hydrogens (tertiary/aromatic N) is 5. The first kappa shape index (κ1) is 20.8. The van der Waals surface area contributed by atoms with Gasteiger partial charge in [0.05, 0.1) is 11.3 Å². The molecule has 168 valence electrons. The normalized spacial score (nSPS) is 13.8. The average molecular weight is 469 g/mol. The van der Waals surface area contributed by atoms with Crippen molar-refractivity contribution in [3.8, 4) is 5.13 Å². The van der Waals surface area contributed by atoms with E-state index in [2.05, 4.69) is 24.6 Å². The van der Waals surface area contributed by atoms with E-state index in [0.717, 1.165) is 29.5 Å². The molecular weight excluding hydrogens is 453 g/mol. The van der Waals surface area contributed by atoms with Crippen LogP contribution < -0.4 is 15.6 Å². The molecule has 5 rings (SSSR count). The van der Waals surface area contributed by atoms with E-state index in [-0.39, 0.29) is 46.9 Å². The highest BCUT2D eigenvalue weighted by atomic mass is 32.1. The lowest BCUT2D eigenvalue weighted by Gasteiger charge is -2.39. The maximum atomic E-state index is 14.9. The van der Waals surface area contributed by atoms with Crippen molar-refractivity contribution in [1.82, 2.24) is 23.9 Å². The lowest BCUT2D eigenvalue weighted by atomic mass is 9.99. The number of fused-ring (bicyclic) bond motifs is 1. The van der Waals surface area contributed by atoms with Crippen LogP contribution >= 0.6 is 11.5 Å². The van der Waals surface area contributed by atoms with Crippen molar-refractivity contribution in [2.75, 3.05) is 23.3 Å². The summed E-state index contributed by atoms with van der Waals surface area (Å²) in [6, 6.07) is 4.57. The van der Waals surface area contributed by atoms with Crippen molar-refractivity contribution in [2.24, 2.45) is 5.92 Å². The van der Waals surface area contributed by atoms with Gasteiger partial charge in [-0.3, -0.25) is 14.2 Å². The fourth-order valence-corrected chi connectivity index (χ4v) is 4.15. The zero-order valence-electron chi connectivity index (χ0n) is 17.1. The Balaban J connectivity index is 1.48. The Labute approximate surface area is 188 Å². The third-order valence-electron chi connectivity index (χ3n) is 5.34. The molecule has 1 fully saturated rings. The second kappa shape index (κ2) is 7.78. The van der Waals surface area contributed by atoms with Gasteiger partial charge in [0, 0.05) is 36.5 Å². The summed E-state index contributed by atoms with van der Waals surface area (Å²) in [6.07, 6.45) is 2.38. The number of aryl methyl sites for hydroxylation is 1. The molecule has 0 aromatic carbocycles. The molecule has 1 amide bonds. The van der Waals surface area contributed by atoms with E-state index >= 15 is 0 Å². The number of carboxylic acid groups (broad SMARTS) is 1. The second-order valence-corrected chi connectivity index (χ2v) is 8.34. The van der Waals surface area contributed by atoms with Gasteiger partial charge in [0.25, 0.3) is 0 Å². The van der Waals surface area contributed by atoms with Crippen molar-refractivity contribution in [1.29, 1.82) is 0 Å². The predicted molar refractivity (Wildman–Crippen MR) is 118 cm³/mol. The summed E-state index contributed by atoms with van der Waals surface area (Å²) in [4.78, 5) is 49.6. The average Bonchev–Trinajstić information content (AvgIpc) is 3.40. The second-order valence-electron chi connectivity index (χ2n) is 7.58. The molecule has 13 heteroatoms. The number of aromatic carboxylic acids is 1. The number of halogens is 1. The molecule has 1 saturated heterocycles. The largest absolute Gasteiger partial charge is 0.477 e. The number of aromatic amines is 1. The quantitative estimate of drug-likeness (QED) is 0.401. The van der Waals surface area contributed by atoms with E-state index in [0.29, 0.717) is 5.82 Å². The zero-order chi connectivity index (χ0) is 23.3. The Morgan fingerprint density at radius 3 is 2.76 bits per heavy atom. The van der Waals surface area contributed by atoms with Crippen molar-refractivity contribution in [3.05, 3.63) is 58.0 Å². The molecule has 1 aliphatic rings. The lowest BCUT2D eigenvalue weighted by molar-refractivity contribution is -0.120. The minimum Gasteiger partial charge on any atom is -0.477 e. The molecule has 0 saturated carbocycles. The SMILES string of the molecule is Cc1ccc(NC(=O)C2CN(c3nc4c(cc3F)c(=O)c(C(=O)O)cn4-c3ncns3)C2)[nH]1. The number of nitrogens with one attached hydrogen (secondary N) is 2. The first-order chi connectivity index (χ1) is 15.8. The summed E-state index contributed by atoms with van der Waals surface area (Å²) in [6.45, 7) is 2.34. The maximum absolute atomic E-state index is 14.9. The van der Waals surface area contributed by atoms with Crippen molar-refractivity contribution in [3.63, 3.8) is 0 Å². The minimum absolute atomic E-state index is 0.0389. The Morgan fingerprint density at radius 2 is 2.12 bits per heavy atom. The number of H-pyrrole nitrogens is 1. The maximum Gasteiger partial charge on any atom is 0.341 e. The summed E-state index contributed by atoms with van der Waals surface area (Å²) in [5, 5.41) is 12.3. The molecule has 0 atom stereocenters. The predicted octanol–water partition coefficient (Wildman–Crippen LogP) is 1.79. The molecule has 0 unspecified atom stereocenters. The molecule has 5 heterocycles. The Morgan fingerprint density at radius 1 is 1.33 bits per heavy atom. The number of carbonyl (C=O) groups excluding carboxylic acids is 1. The first-order valence-electron chi connectivity index (χ1n) is 9.79. The number of amides is 1. The summed E-state index contributed by atoms with van der Waals surface area (Å²) in [5.41, 5.74) is -0.423. The van der Waals surface area contributed by atoms with Gasteiger partial charge < -0.3 is 20.3 Å². The van der Waals surface area contributed by atoms with Crippen LogP contribution in [0.1, 0.15) is 16.1 Å². The Bertz CT molecular complexity index is 1460. The molecular formula is C20H16FN7O4S. The van der Waals surface area contributed by atoms with E-state index in [4.69, 9.17) is 0 Å². The number of hydrogen-bond donors (Lipinski definition) is 3. The van der Waals surface area contributed by atoms with Crippen LogP contribution in [0.15, 0.2) is 35.5 Å². The number of aromatic nitrogens is 5. The molecule has 4 aromatic heterocycles. The Hall–Kier alpha value is -4.13. The van der Waals surface area contributed by atoms with Crippen LogP contribution in [0.4, 0.5) is 16.0 Å². The van der Waals surface area contributed by atoms with E-state index in [1.165, 1.54) is 10.9 Å². The van der Waals surface area contributed by atoms with Gasteiger partial charge in [-0.25, -0.2) is 19.2 Å². The van der Waals surface area contributed by atoms with E-state index in [1.54, 1.807) is 11.0 Å². The summed E-state index contributed by atoms with van der Waals surface area (Å²) < 4.78 is 20.1. The van der Waals surface area contributed by atoms with Crippen LogP contribution in [0.25, 0.3) is 16.2 Å². The summed E-state index contributed by atoms with van der Waals surface area (Å²) in [7, 11) is 0. The van der Waals surface area contributed by atoms with E-state index in [1.807, 2.05) is 13.0 Å². The molecule has 1 aliphatic heterocycles. The zero-order valence-corrected chi connectivity index (χ0v) is 17.9. The van der Waals surface area contributed by atoms with Crippen molar-refractivity contribution < 1.29 is 19.1 Å². The number of hydrogen-bond acceptors (Lipinski definition) is 8. The third-order valence-corrected chi connectivity index (χ3v) is 6.01. The van der Waals surface area contributed by atoms with Crippen molar-refractivity contribution >= 4 is 46.1 Å². The number of pyridine rings is 2. The van der Waals surface area contributed by atoms with Crippen LogP contribution in [-0.4, -0.2) is 54.0 Å². The molecule has 3 N–H and O–H groups in total. The summed E-state index contributed by atoms with van der Waals surface area (Å²) >= 11 is 0.966. The number of rotatable bonds is 5. The third kappa shape index (κ3) is 3.61. The molecule has 33 heavy (non-hydrogen) atoms. The highest BCUT2D eigenvalue weighted by molar-refractivity contribution is 7.08. The van der Waals surface area contributed by atoms with Crippen molar-refractivity contribution in [2.45, 2.75) is 6.92 Å². The summed E-state index contributed by atoms with van der Waals surface area (Å²) in [5.74, 6) is -2.26. The van der Waals surface area contributed by atoms with Gasteiger partial charge in [0.2, 0.25) is 16.5 Å². The molecule has 4 aromatic rings. The van der Waals surface area contributed by atoms with Gasteiger partial charge in [0.1, 0.15) is 17.7 Å². The number of anilines is 2. The lowest BCUT2D eigenvalue weighted by Crippen LogP contribution is -2.52. The Kier molecular flexibility index (Phi) is 4.89. The number of carbonyl (C=O) groups is 2. The molecule has 0 bridgehead atoms. The molecule has 0 aliphatic carbocycles. The highest BCUT2D eigenvalue weighted by Gasteiger charge is 2.35. The van der Waals surface area contributed by atoms with Gasteiger partial charge in [-0.2, -0.15) is 4.37 Å². The van der Waals surface area contributed by atoms with Crippen LogP contribution in [0.2, 0.25) is 0 Å². The van der Waals surface area contributed by atoms with Gasteiger partial charge in [0.15, 0.2) is 17.3 Å². The van der Waals surface area contributed by atoms with Crippen LogP contribution in [-0.2, 0) is 4.79 Å². The molecule has 0 spiro atoms. The van der Waals surface area contributed by atoms with Gasteiger partial charge in [-0.15, -0.1) is 0 Å². The smallest absolute Gasteiger partial charge is 0.341 e. The van der Waals surface area contributed by atoms with Crippen LogP contribution in [0.3, 0.4) is 0 Å². The molecule has 11 nitrogen and oxygen atoms in total. The topological polar surface area (TPSA) is 146 Å². The van der Waals surface area contributed by atoms with Crippen LogP contribution in [0.5, 0.6) is 0 Å². The first-order valence-corrected chi connectivity index (χ1v) is 10.6. The minimum atomic E-state index is -1.45. The van der Waals surface area contributed by atoms with Crippen LogP contribution in [0, 0.1) is 18.7 Å².